The number of pyridine rings is 1. The van der Waals surface area contributed by atoms with Gasteiger partial charge in [0.15, 0.2) is 0 Å². The van der Waals surface area contributed by atoms with Gasteiger partial charge in [0, 0.05) is 50.5 Å². The maximum atomic E-state index is 12.8. The molecule has 144 valence electrons. The van der Waals surface area contributed by atoms with Gasteiger partial charge < -0.3 is 14.7 Å². The van der Waals surface area contributed by atoms with Crippen LogP contribution in [0.4, 0.5) is 11.4 Å². The van der Waals surface area contributed by atoms with E-state index in [1.54, 1.807) is 6.20 Å². The molecule has 1 amide bonds. The molecular weight excluding hydrogens is 360 g/mol. The summed E-state index contributed by atoms with van der Waals surface area (Å²) in [4.78, 5) is 23.5. The van der Waals surface area contributed by atoms with E-state index >= 15 is 0 Å². The topological polar surface area (TPSA) is 39.7 Å². The molecule has 0 N–H and O–H groups in total. The smallest absolute Gasteiger partial charge is 0.272 e. The highest BCUT2D eigenvalue weighted by molar-refractivity contribution is 6.30. The van der Waals surface area contributed by atoms with Crippen molar-refractivity contribution in [2.75, 3.05) is 49.6 Å². The van der Waals surface area contributed by atoms with Crippen LogP contribution in [0.25, 0.3) is 0 Å². The van der Waals surface area contributed by atoms with Crippen molar-refractivity contribution in [1.82, 2.24) is 9.88 Å². The normalized spacial score (nSPS) is 14.3. The molecule has 0 aliphatic carbocycles. The Balaban J connectivity index is 1.57. The molecule has 0 spiro atoms. The molecule has 0 atom stereocenters. The van der Waals surface area contributed by atoms with Gasteiger partial charge in [0.05, 0.1) is 11.9 Å². The van der Waals surface area contributed by atoms with E-state index in [2.05, 4.69) is 34.8 Å². The van der Waals surface area contributed by atoms with Gasteiger partial charge in [-0.2, -0.15) is 0 Å². The van der Waals surface area contributed by atoms with Crippen molar-refractivity contribution in [3.8, 4) is 0 Å². The maximum Gasteiger partial charge on any atom is 0.272 e. The number of rotatable bonds is 6. The first kappa shape index (κ1) is 19.5. The van der Waals surface area contributed by atoms with E-state index in [-0.39, 0.29) is 5.91 Å². The van der Waals surface area contributed by atoms with Crippen LogP contribution in [0.3, 0.4) is 0 Å². The largest absolute Gasteiger partial charge is 0.373 e. The van der Waals surface area contributed by atoms with Crippen LogP contribution in [0.15, 0.2) is 42.6 Å². The van der Waals surface area contributed by atoms with Crippen LogP contribution < -0.4 is 9.80 Å². The first-order valence-corrected chi connectivity index (χ1v) is 9.93. The van der Waals surface area contributed by atoms with Gasteiger partial charge in [-0.1, -0.05) is 31.0 Å². The Hall–Kier alpha value is -2.27. The molecule has 1 aliphatic rings. The van der Waals surface area contributed by atoms with E-state index in [9.17, 15) is 4.79 Å². The second-order valence-electron chi connectivity index (χ2n) is 6.94. The molecule has 0 bridgehead atoms. The third-order valence-electron chi connectivity index (χ3n) is 5.00. The summed E-state index contributed by atoms with van der Waals surface area (Å²) in [5.74, 6) is 0.00325. The lowest BCUT2D eigenvalue weighted by Crippen LogP contribution is -2.49. The van der Waals surface area contributed by atoms with Crippen molar-refractivity contribution in [2.24, 2.45) is 0 Å². The van der Waals surface area contributed by atoms with Crippen LogP contribution >= 0.6 is 11.6 Å². The van der Waals surface area contributed by atoms with Gasteiger partial charge in [-0.15, -0.1) is 0 Å². The van der Waals surface area contributed by atoms with E-state index in [0.717, 1.165) is 48.9 Å². The van der Waals surface area contributed by atoms with Gasteiger partial charge in [0.25, 0.3) is 5.91 Å². The van der Waals surface area contributed by atoms with Gasteiger partial charge in [-0.3, -0.25) is 4.79 Å². The minimum Gasteiger partial charge on any atom is -0.373 e. The Morgan fingerprint density at radius 3 is 2.59 bits per heavy atom. The molecule has 1 aromatic heterocycles. The van der Waals surface area contributed by atoms with Crippen LogP contribution in [-0.4, -0.2) is 55.6 Å². The molecule has 1 fully saturated rings. The Labute approximate surface area is 166 Å². The molecule has 1 aromatic carbocycles. The lowest BCUT2D eigenvalue weighted by atomic mass is 10.2. The zero-order chi connectivity index (χ0) is 19.2. The average molecular weight is 387 g/mol. The van der Waals surface area contributed by atoms with Gasteiger partial charge >= 0.3 is 0 Å². The lowest BCUT2D eigenvalue weighted by molar-refractivity contribution is 0.0741. The second kappa shape index (κ2) is 9.09. The molecule has 0 unspecified atom stereocenters. The summed E-state index contributed by atoms with van der Waals surface area (Å²) in [7, 11) is 2.06. The van der Waals surface area contributed by atoms with Crippen molar-refractivity contribution in [3.63, 3.8) is 0 Å². The average Bonchev–Trinajstić information content (AvgIpc) is 2.71. The fourth-order valence-electron chi connectivity index (χ4n) is 3.27. The van der Waals surface area contributed by atoms with Crippen molar-refractivity contribution >= 4 is 28.9 Å². The van der Waals surface area contributed by atoms with E-state index in [1.165, 1.54) is 0 Å². The third kappa shape index (κ3) is 4.92. The van der Waals surface area contributed by atoms with Gasteiger partial charge in [-0.05, 0) is 36.8 Å². The number of benzene rings is 1. The Bertz CT molecular complexity index is 757. The molecule has 0 saturated carbocycles. The molecule has 2 aromatic rings. The number of anilines is 2. The van der Waals surface area contributed by atoms with Crippen LogP contribution in [0.1, 0.15) is 30.3 Å². The predicted molar refractivity (Wildman–Crippen MR) is 112 cm³/mol. The summed E-state index contributed by atoms with van der Waals surface area (Å²) >= 11 is 6.08. The number of unbranched alkanes of at least 4 members (excludes halogenated alkanes) is 1. The highest BCUT2D eigenvalue weighted by Crippen LogP contribution is 2.21. The fourth-order valence-corrected chi connectivity index (χ4v) is 3.45. The maximum absolute atomic E-state index is 12.8. The molecule has 27 heavy (non-hydrogen) atoms. The number of aromatic nitrogens is 1. The van der Waals surface area contributed by atoms with E-state index in [0.29, 0.717) is 18.8 Å². The summed E-state index contributed by atoms with van der Waals surface area (Å²) < 4.78 is 0. The van der Waals surface area contributed by atoms with E-state index < -0.39 is 0 Å². The summed E-state index contributed by atoms with van der Waals surface area (Å²) in [5, 5.41) is 0.735. The van der Waals surface area contributed by atoms with Gasteiger partial charge in [0.2, 0.25) is 0 Å². The van der Waals surface area contributed by atoms with E-state index in [4.69, 9.17) is 11.6 Å². The number of amides is 1. The van der Waals surface area contributed by atoms with Crippen LogP contribution in [0, 0.1) is 0 Å². The Morgan fingerprint density at radius 1 is 1.19 bits per heavy atom. The molecular formula is C21H27ClN4O. The minimum atomic E-state index is 0.00325. The van der Waals surface area contributed by atoms with E-state index in [1.807, 2.05) is 35.2 Å². The Morgan fingerprint density at radius 2 is 1.96 bits per heavy atom. The number of nitrogens with zero attached hydrogens (tertiary/aromatic N) is 4. The number of piperazine rings is 1. The summed E-state index contributed by atoms with van der Waals surface area (Å²) in [5.41, 5.74) is 2.66. The molecule has 6 heteroatoms. The lowest BCUT2D eigenvalue weighted by Gasteiger charge is -2.36. The number of carbonyl (C=O) groups excluding carboxylic acids is 1. The monoisotopic (exact) mass is 386 g/mol. The van der Waals surface area contributed by atoms with Crippen molar-refractivity contribution in [1.29, 1.82) is 0 Å². The molecule has 2 heterocycles. The SMILES string of the molecule is CCCCN(C)c1ccc(C(=O)N2CCN(c3cccc(Cl)c3)CC2)nc1. The highest BCUT2D eigenvalue weighted by atomic mass is 35.5. The first-order chi connectivity index (χ1) is 13.1. The molecule has 3 rings (SSSR count). The predicted octanol–water partition coefficient (Wildman–Crippen LogP) is 3.93. The number of hydrogen-bond acceptors (Lipinski definition) is 4. The molecule has 5 nitrogen and oxygen atoms in total. The summed E-state index contributed by atoms with van der Waals surface area (Å²) in [6.07, 6.45) is 4.11. The Kier molecular flexibility index (Phi) is 6.56. The second-order valence-corrected chi connectivity index (χ2v) is 7.37. The summed E-state index contributed by atoms with van der Waals surface area (Å²) in [6, 6.07) is 11.7. The van der Waals surface area contributed by atoms with Gasteiger partial charge in [0.1, 0.15) is 5.69 Å². The first-order valence-electron chi connectivity index (χ1n) is 9.55. The highest BCUT2D eigenvalue weighted by Gasteiger charge is 2.23. The minimum absolute atomic E-state index is 0.00325. The molecule has 1 aliphatic heterocycles. The standard InChI is InChI=1S/C21H27ClN4O/c1-3-4-10-24(2)19-8-9-20(23-16-19)21(27)26-13-11-25(12-14-26)18-7-5-6-17(22)15-18/h5-9,15-16H,3-4,10-14H2,1-2H3. The fraction of sp³-hybridized carbons (Fsp3) is 0.429. The zero-order valence-corrected chi connectivity index (χ0v) is 16.8. The quantitative estimate of drug-likeness (QED) is 0.754. The molecule has 1 saturated heterocycles. The van der Waals surface area contributed by atoms with Crippen molar-refractivity contribution in [2.45, 2.75) is 19.8 Å². The number of carbonyl (C=O) groups is 1. The summed E-state index contributed by atoms with van der Waals surface area (Å²) in [6.45, 7) is 6.14. The third-order valence-corrected chi connectivity index (χ3v) is 5.23. The van der Waals surface area contributed by atoms with Crippen LogP contribution in [0.5, 0.6) is 0 Å². The van der Waals surface area contributed by atoms with Crippen molar-refractivity contribution < 1.29 is 4.79 Å². The zero-order valence-electron chi connectivity index (χ0n) is 16.1. The van der Waals surface area contributed by atoms with Crippen LogP contribution in [-0.2, 0) is 0 Å². The number of halogens is 1. The van der Waals surface area contributed by atoms with Crippen molar-refractivity contribution in [3.05, 3.63) is 53.3 Å². The van der Waals surface area contributed by atoms with Crippen LogP contribution in [0.2, 0.25) is 5.02 Å². The number of hydrogen-bond donors (Lipinski definition) is 0. The van der Waals surface area contributed by atoms with Gasteiger partial charge in [-0.25, -0.2) is 4.98 Å². The molecule has 0 radical (unpaired) electrons.